The van der Waals surface area contributed by atoms with Gasteiger partial charge in [-0.15, -0.1) is 13.2 Å². The number of rotatable bonds is 6. The predicted molar refractivity (Wildman–Crippen MR) is 93.0 cm³/mol. The molecule has 1 N–H and O–H groups in total. The second-order valence-corrected chi connectivity index (χ2v) is 5.91. The minimum Gasteiger partial charge on any atom is -0.405 e. The molecule has 0 aliphatic heterocycles. The molecular weight excluding hydrogens is 361 g/mol. The summed E-state index contributed by atoms with van der Waals surface area (Å²) in [5, 5.41) is 2.57. The fourth-order valence-electron chi connectivity index (χ4n) is 2.45. The zero-order chi connectivity index (χ0) is 20.0. The molecule has 0 bridgehead atoms. The van der Waals surface area contributed by atoms with Crippen LogP contribution in [0.15, 0.2) is 54.6 Å². The first-order chi connectivity index (χ1) is 12.7. The van der Waals surface area contributed by atoms with Gasteiger partial charge < -0.3 is 15.0 Å². The lowest BCUT2D eigenvalue weighted by molar-refractivity contribution is -0.275. The second kappa shape index (κ2) is 8.57. The van der Waals surface area contributed by atoms with Gasteiger partial charge in [0.05, 0.1) is 0 Å². The van der Waals surface area contributed by atoms with Gasteiger partial charge in [0.1, 0.15) is 11.8 Å². The summed E-state index contributed by atoms with van der Waals surface area (Å²) in [4.78, 5) is 25.8. The molecule has 0 radical (unpaired) electrons. The number of likely N-dealkylation sites (N-methyl/N-ethyl adjacent to an activating group) is 1. The Hall–Kier alpha value is -3.03. The van der Waals surface area contributed by atoms with Gasteiger partial charge in [0.2, 0.25) is 5.91 Å². The summed E-state index contributed by atoms with van der Waals surface area (Å²) in [6, 6.07) is 13.1. The first kappa shape index (κ1) is 20.3. The number of nitrogens with one attached hydrogen (secondary N) is 1. The Morgan fingerprint density at radius 1 is 1.07 bits per heavy atom. The molecule has 1 atom stereocenters. The van der Waals surface area contributed by atoms with Crippen LogP contribution >= 0.6 is 0 Å². The van der Waals surface area contributed by atoms with E-state index in [9.17, 15) is 22.8 Å². The van der Waals surface area contributed by atoms with Crippen molar-refractivity contribution in [3.8, 4) is 5.75 Å². The largest absolute Gasteiger partial charge is 0.573 e. The molecular formula is C19H19F3N2O3. The van der Waals surface area contributed by atoms with Crippen molar-refractivity contribution < 1.29 is 27.5 Å². The molecule has 0 heterocycles. The van der Waals surface area contributed by atoms with Crippen LogP contribution < -0.4 is 10.1 Å². The Morgan fingerprint density at radius 2 is 1.67 bits per heavy atom. The molecule has 0 aromatic heterocycles. The molecule has 0 saturated carbocycles. The van der Waals surface area contributed by atoms with E-state index in [1.54, 1.807) is 36.4 Å². The first-order valence-corrected chi connectivity index (χ1v) is 8.12. The summed E-state index contributed by atoms with van der Waals surface area (Å²) in [5.74, 6) is -1.22. The number of benzene rings is 2. The molecule has 144 valence electrons. The van der Waals surface area contributed by atoms with Crippen molar-refractivity contribution in [1.82, 2.24) is 10.2 Å². The van der Waals surface area contributed by atoms with Crippen molar-refractivity contribution in [2.75, 3.05) is 7.05 Å². The number of amides is 2. The summed E-state index contributed by atoms with van der Waals surface area (Å²) < 4.78 is 41.5. The van der Waals surface area contributed by atoms with Crippen LogP contribution in [-0.4, -0.2) is 36.2 Å². The normalized spacial score (nSPS) is 12.2. The van der Waals surface area contributed by atoms with Gasteiger partial charge in [-0.3, -0.25) is 9.59 Å². The number of carbonyl (C=O) groups is 2. The van der Waals surface area contributed by atoms with Gasteiger partial charge >= 0.3 is 6.36 Å². The van der Waals surface area contributed by atoms with E-state index in [1.807, 2.05) is 0 Å². The highest BCUT2D eigenvalue weighted by atomic mass is 19.4. The molecule has 2 amide bonds. The van der Waals surface area contributed by atoms with E-state index in [0.29, 0.717) is 5.56 Å². The Balaban J connectivity index is 2.02. The third kappa shape index (κ3) is 6.02. The SMILES string of the molecule is CC(NC(=O)c1ccccc1)C(=O)N(C)Cc1ccccc1OC(F)(F)F. The highest BCUT2D eigenvalue weighted by Gasteiger charge is 2.32. The van der Waals surface area contributed by atoms with Gasteiger partial charge in [-0.25, -0.2) is 0 Å². The lowest BCUT2D eigenvalue weighted by Crippen LogP contribution is -2.45. The van der Waals surface area contributed by atoms with Crippen molar-refractivity contribution in [3.63, 3.8) is 0 Å². The minimum absolute atomic E-state index is 0.101. The third-order valence-electron chi connectivity index (χ3n) is 3.74. The van der Waals surface area contributed by atoms with Gasteiger partial charge in [-0.05, 0) is 25.1 Å². The minimum atomic E-state index is -4.82. The van der Waals surface area contributed by atoms with Crippen LogP contribution in [-0.2, 0) is 11.3 Å². The van der Waals surface area contributed by atoms with Crippen molar-refractivity contribution >= 4 is 11.8 Å². The number of nitrogens with zero attached hydrogens (tertiary/aromatic N) is 1. The van der Waals surface area contributed by atoms with Crippen molar-refractivity contribution in [2.45, 2.75) is 25.9 Å². The summed E-state index contributed by atoms with van der Waals surface area (Å²) in [5.41, 5.74) is 0.607. The molecule has 5 nitrogen and oxygen atoms in total. The van der Waals surface area contributed by atoms with E-state index in [0.717, 1.165) is 0 Å². The first-order valence-electron chi connectivity index (χ1n) is 8.12. The van der Waals surface area contributed by atoms with E-state index >= 15 is 0 Å². The second-order valence-electron chi connectivity index (χ2n) is 5.91. The highest BCUT2D eigenvalue weighted by Crippen LogP contribution is 2.27. The average Bonchev–Trinajstić information content (AvgIpc) is 2.62. The maximum absolute atomic E-state index is 12.5. The van der Waals surface area contributed by atoms with E-state index in [-0.39, 0.29) is 17.9 Å². The molecule has 0 saturated heterocycles. The van der Waals surface area contributed by atoms with Crippen LogP contribution in [0.1, 0.15) is 22.8 Å². The fraction of sp³-hybridized carbons (Fsp3) is 0.263. The molecule has 1 unspecified atom stereocenters. The van der Waals surface area contributed by atoms with Crippen LogP contribution in [0.25, 0.3) is 0 Å². The smallest absolute Gasteiger partial charge is 0.405 e. The van der Waals surface area contributed by atoms with Crippen LogP contribution in [0.5, 0.6) is 5.75 Å². The van der Waals surface area contributed by atoms with Crippen LogP contribution in [0.3, 0.4) is 0 Å². The summed E-state index contributed by atoms with van der Waals surface area (Å²) in [6.07, 6.45) is -4.82. The average molecular weight is 380 g/mol. The maximum Gasteiger partial charge on any atom is 0.573 e. The standard InChI is InChI=1S/C19H19F3N2O3/c1-13(23-17(25)14-8-4-3-5-9-14)18(26)24(2)12-15-10-6-7-11-16(15)27-19(20,21)22/h3-11,13H,12H2,1-2H3,(H,23,25). The molecule has 0 fully saturated rings. The number of hydrogen-bond donors (Lipinski definition) is 1. The lowest BCUT2D eigenvalue weighted by atomic mass is 10.1. The van der Waals surface area contributed by atoms with Gasteiger partial charge in [0.15, 0.2) is 0 Å². The van der Waals surface area contributed by atoms with Gasteiger partial charge in [-0.2, -0.15) is 0 Å². The zero-order valence-corrected chi connectivity index (χ0v) is 14.8. The monoisotopic (exact) mass is 380 g/mol. The Bertz CT molecular complexity index is 794. The number of alkyl halides is 3. The molecule has 2 aromatic rings. The Kier molecular flexibility index (Phi) is 6.44. The highest BCUT2D eigenvalue weighted by molar-refractivity contribution is 5.97. The number of ether oxygens (including phenoxy) is 1. The maximum atomic E-state index is 12.5. The fourth-order valence-corrected chi connectivity index (χ4v) is 2.45. The van der Waals surface area contributed by atoms with Crippen LogP contribution in [0.2, 0.25) is 0 Å². The summed E-state index contributed by atoms with van der Waals surface area (Å²) >= 11 is 0. The molecule has 0 spiro atoms. The van der Waals surface area contributed by atoms with E-state index in [2.05, 4.69) is 10.1 Å². The number of halogens is 3. The summed E-state index contributed by atoms with van der Waals surface area (Å²) in [6.45, 7) is 1.41. The van der Waals surface area contributed by atoms with Gasteiger partial charge in [0, 0.05) is 24.7 Å². The number of carbonyl (C=O) groups excluding carboxylic acids is 2. The zero-order valence-electron chi connectivity index (χ0n) is 14.8. The number of hydrogen-bond acceptors (Lipinski definition) is 3. The third-order valence-corrected chi connectivity index (χ3v) is 3.74. The van der Waals surface area contributed by atoms with Crippen molar-refractivity contribution in [3.05, 3.63) is 65.7 Å². The van der Waals surface area contributed by atoms with E-state index in [1.165, 1.54) is 37.1 Å². The molecule has 2 aromatic carbocycles. The molecule has 0 aliphatic rings. The van der Waals surface area contributed by atoms with Gasteiger partial charge in [-0.1, -0.05) is 36.4 Å². The van der Waals surface area contributed by atoms with Crippen LogP contribution in [0.4, 0.5) is 13.2 Å². The van der Waals surface area contributed by atoms with Crippen LogP contribution in [0, 0.1) is 0 Å². The molecule has 0 aliphatic carbocycles. The molecule has 2 rings (SSSR count). The van der Waals surface area contributed by atoms with Gasteiger partial charge in [0.25, 0.3) is 5.91 Å². The summed E-state index contributed by atoms with van der Waals surface area (Å²) in [7, 11) is 1.44. The molecule has 8 heteroatoms. The van der Waals surface area contributed by atoms with Crippen molar-refractivity contribution in [2.24, 2.45) is 0 Å². The lowest BCUT2D eigenvalue weighted by Gasteiger charge is -2.23. The number of para-hydroxylation sites is 1. The van der Waals surface area contributed by atoms with Crippen molar-refractivity contribution in [1.29, 1.82) is 0 Å². The predicted octanol–water partition coefficient (Wildman–Crippen LogP) is 3.36. The van der Waals surface area contributed by atoms with E-state index < -0.39 is 24.2 Å². The Labute approximate surface area is 154 Å². The Morgan fingerprint density at radius 3 is 2.30 bits per heavy atom. The quantitative estimate of drug-likeness (QED) is 0.836. The molecule has 27 heavy (non-hydrogen) atoms. The topological polar surface area (TPSA) is 58.6 Å². The van der Waals surface area contributed by atoms with E-state index in [4.69, 9.17) is 0 Å².